The first-order valence-corrected chi connectivity index (χ1v) is 9.69. The number of ketones is 1. The van der Waals surface area contributed by atoms with Gasteiger partial charge in [0.1, 0.15) is 5.75 Å². The van der Waals surface area contributed by atoms with Crippen molar-refractivity contribution in [3.05, 3.63) is 59.7 Å². The lowest BCUT2D eigenvalue weighted by Crippen LogP contribution is -2.26. The number of likely N-dealkylation sites (tertiary alicyclic amines) is 1. The molecule has 0 bridgehead atoms. The molecule has 3 rings (SSSR count). The van der Waals surface area contributed by atoms with Gasteiger partial charge in [-0.25, -0.2) is 4.79 Å². The smallest absolute Gasteiger partial charge is 0.339 e. The van der Waals surface area contributed by atoms with Crippen molar-refractivity contribution in [1.29, 1.82) is 0 Å². The summed E-state index contributed by atoms with van der Waals surface area (Å²) in [5, 5.41) is -0.583. The summed E-state index contributed by atoms with van der Waals surface area (Å²) in [6.07, 6.45) is 0.0811. The summed E-state index contributed by atoms with van der Waals surface area (Å²) in [6.45, 7) is -0.422. The third kappa shape index (κ3) is 4.65. The number of imide groups is 1. The minimum atomic E-state index is -0.672. The molecule has 0 spiro atoms. The number of rotatable bonds is 7. The van der Waals surface area contributed by atoms with E-state index >= 15 is 0 Å². The van der Waals surface area contributed by atoms with E-state index in [-0.39, 0.29) is 29.6 Å². The van der Waals surface area contributed by atoms with E-state index in [2.05, 4.69) is 0 Å². The third-order valence-electron chi connectivity index (χ3n) is 4.44. The highest BCUT2D eigenvalue weighted by Gasteiger charge is 2.37. The number of benzene rings is 2. The SMILES string of the molecule is COc1cccc(C(=O)COC(=O)c2ccccc2SC2CC(=O)N(C)C2=O)c1. The van der Waals surface area contributed by atoms with Crippen LogP contribution in [0, 0.1) is 0 Å². The number of carbonyl (C=O) groups excluding carboxylic acids is 4. The van der Waals surface area contributed by atoms with Gasteiger partial charge in [0.25, 0.3) is 0 Å². The quantitative estimate of drug-likeness (QED) is 0.391. The zero-order chi connectivity index (χ0) is 21.0. The van der Waals surface area contributed by atoms with Crippen LogP contribution in [0.5, 0.6) is 5.75 Å². The Bertz CT molecular complexity index is 973. The number of nitrogens with zero attached hydrogens (tertiary/aromatic N) is 1. The van der Waals surface area contributed by atoms with Crippen LogP contribution in [0.4, 0.5) is 0 Å². The average molecular weight is 413 g/mol. The number of methoxy groups -OCH3 is 1. The number of hydrogen-bond donors (Lipinski definition) is 0. The molecular weight excluding hydrogens is 394 g/mol. The predicted molar refractivity (Wildman–Crippen MR) is 106 cm³/mol. The minimum Gasteiger partial charge on any atom is -0.497 e. The van der Waals surface area contributed by atoms with Gasteiger partial charge >= 0.3 is 5.97 Å². The molecule has 29 heavy (non-hydrogen) atoms. The second-order valence-electron chi connectivity index (χ2n) is 6.33. The second-order valence-corrected chi connectivity index (χ2v) is 7.57. The summed E-state index contributed by atoms with van der Waals surface area (Å²) in [7, 11) is 2.94. The summed E-state index contributed by atoms with van der Waals surface area (Å²) in [6, 6.07) is 13.2. The van der Waals surface area contributed by atoms with Crippen molar-refractivity contribution in [2.45, 2.75) is 16.6 Å². The van der Waals surface area contributed by atoms with E-state index in [1.165, 1.54) is 14.2 Å². The van der Waals surface area contributed by atoms with E-state index in [1.807, 2.05) is 0 Å². The number of esters is 1. The summed E-state index contributed by atoms with van der Waals surface area (Å²) in [4.78, 5) is 50.3. The molecule has 1 saturated heterocycles. The molecule has 7 nitrogen and oxygen atoms in total. The van der Waals surface area contributed by atoms with E-state index in [9.17, 15) is 19.2 Å². The van der Waals surface area contributed by atoms with Crippen molar-refractivity contribution in [2.24, 2.45) is 0 Å². The van der Waals surface area contributed by atoms with Crippen LogP contribution in [0.3, 0.4) is 0 Å². The lowest BCUT2D eigenvalue weighted by atomic mass is 10.1. The van der Waals surface area contributed by atoms with Crippen molar-refractivity contribution in [2.75, 3.05) is 20.8 Å². The van der Waals surface area contributed by atoms with Crippen LogP contribution in [-0.4, -0.2) is 54.5 Å². The Hall–Kier alpha value is -3.13. The molecule has 0 aliphatic carbocycles. The molecule has 1 unspecified atom stereocenters. The normalized spacial score (nSPS) is 16.1. The van der Waals surface area contributed by atoms with Gasteiger partial charge in [-0.1, -0.05) is 24.3 Å². The van der Waals surface area contributed by atoms with Crippen LogP contribution < -0.4 is 4.74 Å². The molecule has 8 heteroatoms. The number of amides is 2. The Balaban J connectivity index is 1.68. The Morgan fingerprint density at radius 1 is 1.14 bits per heavy atom. The molecule has 0 radical (unpaired) electrons. The van der Waals surface area contributed by atoms with Crippen LogP contribution in [0.25, 0.3) is 0 Å². The van der Waals surface area contributed by atoms with Crippen LogP contribution in [-0.2, 0) is 14.3 Å². The number of hydrogen-bond acceptors (Lipinski definition) is 7. The maximum atomic E-state index is 12.5. The number of thioether (sulfide) groups is 1. The summed E-state index contributed by atoms with van der Waals surface area (Å²) in [5.41, 5.74) is 0.614. The predicted octanol–water partition coefficient (Wildman–Crippen LogP) is 2.58. The highest BCUT2D eigenvalue weighted by molar-refractivity contribution is 8.00. The Morgan fingerprint density at radius 3 is 2.59 bits per heavy atom. The van der Waals surface area contributed by atoms with Crippen LogP contribution in [0.2, 0.25) is 0 Å². The zero-order valence-corrected chi connectivity index (χ0v) is 16.7. The number of carbonyl (C=O) groups is 4. The van der Waals surface area contributed by atoms with Gasteiger partial charge in [-0.05, 0) is 24.3 Å². The molecule has 0 saturated carbocycles. The van der Waals surface area contributed by atoms with Crippen molar-refractivity contribution in [3.63, 3.8) is 0 Å². The molecule has 2 aromatic carbocycles. The van der Waals surface area contributed by atoms with Gasteiger partial charge in [-0.2, -0.15) is 0 Å². The molecule has 1 aliphatic heterocycles. The van der Waals surface area contributed by atoms with Gasteiger partial charge in [0.2, 0.25) is 11.8 Å². The molecule has 1 aliphatic rings. The largest absolute Gasteiger partial charge is 0.497 e. The molecule has 2 aromatic rings. The fraction of sp³-hybridized carbons (Fsp3) is 0.238. The minimum absolute atomic E-state index is 0.0811. The zero-order valence-electron chi connectivity index (χ0n) is 15.9. The Labute approximate surface area is 172 Å². The molecule has 0 N–H and O–H groups in total. The fourth-order valence-corrected chi connectivity index (χ4v) is 4.02. The number of ether oxygens (including phenoxy) is 2. The lowest BCUT2D eigenvalue weighted by molar-refractivity contribution is -0.136. The summed E-state index contributed by atoms with van der Waals surface area (Å²) >= 11 is 1.14. The highest BCUT2D eigenvalue weighted by Crippen LogP contribution is 2.33. The summed E-state index contributed by atoms with van der Waals surface area (Å²) < 4.78 is 10.3. The molecule has 0 aromatic heterocycles. The third-order valence-corrected chi connectivity index (χ3v) is 5.71. The van der Waals surface area contributed by atoms with Crippen molar-refractivity contribution in [3.8, 4) is 5.75 Å². The average Bonchev–Trinajstić information content (AvgIpc) is 2.98. The molecule has 1 heterocycles. The van der Waals surface area contributed by atoms with Crippen LogP contribution >= 0.6 is 11.8 Å². The second kappa shape index (κ2) is 8.91. The molecular formula is C21H19NO6S. The Morgan fingerprint density at radius 2 is 1.90 bits per heavy atom. The van der Waals surface area contributed by atoms with E-state index < -0.39 is 17.8 Å². The van der Waals surface area contributed by atoms with Gasteiger partial charge in [0.05, 0.1) is 17.9 Å². The standard InChI is InChI=1S/C21H19NO6S/c1-22-19(24)11-18(20(22)25)29-17-9-4-3-8-15(17)21(26)28-12-16(23)13-6-5-7-14(10-13)27-2/h3-10,18H,11-12H2,1-2H3. The first kappa shape index (κ1) is 20.6. The van der Waals surface area contributed by atoms with E-state index in [4.69, 9.17) is 9.47 Å². The maximum Gasteiger partial charge on any atom is 0.339 e. The lowest BCUT2D eigenvalue weighted by Gasteiger charge is -2.12. The molecule has 1 atom stereocenters. The molecule has 2 amide bonds. The maximum absolute atomic E-state index is 12.5. The number of Topliss-reactive ketones (excluding diaryl/α,β-unsaturated/α-hetero) is 1. The first-order chi connectivity index (χ1) is 13.9. The van der Waals surface area contributed by atoms with Gasteiger partial charge in [-0.3, -0.25) is 19.3 Å². The van der Waals surface area contributed by atoms with Gasteiger partial charge in [0.15, 0.2) is 12.4 Å². The highest BCUT2D eigenvalue weighted by atomic mass is 32.2. The van der Waals surface area contributed by atoms with Crippen molar-refractivity contribution >= 4 is 35.3 Å². The van der Waals surface area contributed by atoms with Crippen molar-refractivity contribution in [1.82, 2.24) is 4.90 Å². The Kier molecular flexibility index (Phi) is 6.33. The van der Waals surface area contributed by atoms with E-state index in [1.54, 1.807) is 48.5 Å². The molecule has 150 valence electrons. The first-order valence-electron chi connectivity index (χ1n) is 8.81. The monoisotopic (exact) mass is 413 g/mol. The molecule has 1 fully saturated rings. The van der Waals surface area contributed by atoms with Gasteiger partial charge in [0, 0.05) is 23.9 Å². The summed E-state index contributed by atoms with van der Waals surface area (Å²) in [5.74, 6) is -1.05. The van der Waals surface area contributed by atoms with Crippen molar-refractivity contribution < 1.29 is 28.7 Å². The van der Waals surface area contributed by atoms with Crippen LogP contribution in [0.15, 0.2) is 53.4 Å². The topological polar surface area (TPSA) is 90.0 Å². The van der Waals surface area contributed by atoms with Crippen LogP contribution in [0.1, 0.15) is 27.1 Å². The fourth-order valence-electron chi connectivity index (χ4n) is 2.79. The van der Waals surface area contributed by atoms with E-state index in [0.29, 0.717) is 16.2 Å². The van der Waals surface area contributed by atoms with E-state index in [0.717, 1.165) is 16.7 Å². The van der Waals surface area contributed by atoms with Gasteiger partial charge in [-0.15, -0.1) is 11.8 Å². The van der Waals surface area contributed by atoms with Gasteiger partial charge < -0.3 is 9.47 Å².